The number of carbonyl (C=O) groups is 1. The number of nitrogens with one attached hydrogen (secondary N) is 1. The number of carboxylic acids is 1. The van der Waals surface area contributed by atoms with Gasteiger partial charge in [0.25, 0.3) is 0 Å². The summed E-state index contributed by atoms with van der Waals surface area (Å²) in [5.74, 6) is 0.280. The summed E-state index contributed by atoms with van der Waals surface area (Å²) < 4.78 is 0. The molecular weight excluding hydrogens is 258 g/mol. The molecule has 2 rings (SSSR count). The van der Waals surface area contributed by atoms with E-state index in [4.69, 9.17) is 16.7 Å². The fourth-order valence-electron chi connectivity index (χ4n) is 1.82. The first-order chi connectivity index (χ1) is 8.16. The van der Waals surface area contributed by atoms with Gasteiger partial charge in [0, 0.05) is 11.8 Å². The third-order valence-corrected chi connectivity index (χ3v) is 4.47. The van der Waals surface area contributed by atoms with E-state index in [0.29, 0.717) is 10.3 Å². The molecule has 2 N–H and O–H groups in total. The van der Waals surface area contributed by atoms with Crippen molar-refractivity contribution in [2.45, 2.75) is 18.1 Å². The van der Waals surface area contributed by atoms with Crippen LogP contribution in [0.15, 0.2) is 18.2 Å². The maximum atomic E-state index is 10.7. The third-order valence-electron chi connectivity index (χ3n) is 2.76. The van der Waals surface area contributed by atoms with Crippen LogP contribution in [-0.4, -0.2) is 28.6 Å². The highest BCUT2D eigenvalue weighted by Crippen LogP contribution is 2.28. The number of anilines is 1. The van der Waals surface area contributed by atoms with Gasteiger partial charge < -0.3 is 10.4 Å². The minimum absolute atomic E-state index is 0.218. The lowest BCUT2D eigenvalue weighted by Crippen LogP contribution is -2.13. The van der Waals surface area contributed by atoms with Crippen LogP contribution >= 0.6 is 23.4 Å². The van der Waals surface area contributed by atoms with E-state index in [2.05, 4.69) is 5.32 Å². The van der Waals surface area contributed by atoms with Crippen molar-refractivity contribution in [1.29, 1.82) is 0 Å². The Bertz CT molecular complexity index is 419. The third kappa shape index (κ3) is 3.30. The van der Waals surface area contributed by atoms with Gasteiger partial charge in [-0.3, -0.25) is 0 Å². The molecular formula is C12H14ClNO2S. The standard InChI is InChI=1S/C12H14ClNO2S/c13-10-6-8(12(15)16)3-4-11(10)14-7-9-2-1-5-17-9/h3-4,6,9,14H,1-2,5,7H2,(H,15,16). The molecule has 1 aromatic carbocycles. The van der Waals surface area contributed by atoms with Gasteiger partial charge in [-0.15, -0.1) is 0 Å². The van der Waals surface area contributed by atoms with E-state index in [1.165, 1.54) is 24.7 Å². The summed E-state index contributed by atoms with van der Waals surface area (Å²) in [5.41, 5.74) is 1.03. The van der Waals surface area contributed by atoms with Crippen LogP contribution in [0.4, 0.5) is 5.69 Å². The highest BCUT2D eigenvalue weighted by Gasteiger charge is 2.15. The Morgan fingerprint density at radius 2 is 2.41 bits per heavy atom. The lowest BCUT2D eigenvalue weighted by molar-refractivity contribution is 0.0697. The maximum absolute atomic E-state index is 10.7. The normalized spacial score (nSPS) is 19.2. The van der Waals surface area contributed by atoms with Crippen LogP contribution in [0.3, 0.4) is 0 Å². The van der Waals surface area contributed by atoms with Crippen molar-refractivity contribution in [3.63, 3.8) is 0 Å². The molecule has 1 aliphatic rings. The van der Waals surface area contributed by atoms with Crippen LogP contribution in [0.1, 0.15) is 23.2 Å². The van der Waals surface area contributed by atoms with E-state index < -0.39 is 5.97 Å². The quantitative estimate of drug-likeness (QED) is 0.882. The first-order valence-corrected chi connectivity index (χ1v) is 6.98. The predicted molar refractivity (Wildman–Crippen MR) is 72.4 cm³/mol. The van der Waals surface area contributed by atoms with Gasteiger partial charge in [0.2, 0.25) is 0 Å². The van der Waals surface area contributed by atoms with Crippen LogP contribution in [0, 0.1) is 0 Å². The molecule has 1 aliphatic heterocycles. The van der Waals surface area contributed by atoms with Crippen molar-refractivity contribution in [3.05, 3.63) is 28.8 Å². The Hall–Kier alpha value is -0.870. The zero-order valence-corrected chi connectivity index (χ0v) is 10.9. The molecule has 3 nitrogen and oxygen atoms in total. The zero-order valence-electron chi connectivity index (χ0n) is 9.28. The molecule has 17 heavy (non-hydrogen) atoms. The molecule has 0 bridgehead atoms. The maximum Gasteiger partial charge on any atom is 0.335 e. The lowest BCUT2D eigenvalue weighted by atomic mass is 10.2. The Kier molecular flexibility index (Phi) is 4.18. The minimum atomic E-state index is -0.954. The molecule has 0 aromatic heterocycles. The Morgan fingerprint density at radius 1 is 1.59 bits per heavy atom. The fraction of sp³-hybridized carbons (Fsp3) is 0.417. The number of hydrogen-bond acceptors (Lipinski definition) is 3. The fourth-order valence-corrected chi connectivity index (χ4v) is 3.27. The molecule has 92 valence electrons. The monoisotopic (exact) mass is 271 g/mol. The number of hydrogen-bond donors (Lipinski definition) is 2. The molecule has 0 radical (unpaired) electrons. The van der Waals surface area contributed by atoms with Crippen LogP contribution in [0.5, 0.6) is 0 Å². The summed E-state index contributed by atoms with van der Waals surface area (Å²) in [7, 11) is 0. The number of halogens is 1. The topological polar surface area (TPSA) is 49.3 Å². The number of benzene rings is 1. The highest BCUT2D eigenvalue weighted by molar-refractivity contribution is 8.00. The number of rotatable bonds is 4. The van der Waals surface area contributed by atoms with Crippen LogP contribution in [0.2, 0.25) is 5.02 Å². The van der Waals surface area contributed by atoms with Crippen molar-refractivity contribution in [1.82, 2.24) is 0 Å². The SMILES string of the molecule is O=C(O)c1ccc(NCC2CCCS2)c(Cl)c1. The van der Waals surface area contributed by atoms with E-state index >= 15 is 0 Å². The second-order valence-corrected chi connectivity index (χ2v) is 5.83. The second-order valence-electron chi connectivity index (χ2n) is 4.02. The van der Waals surface area contributed by atoms with Gasteiger partial charge in [-0.25, -0.2) is 4.79 Å². The number of carboxylic acid groups (broad SMARTS) is 1. The summed E-state index contributed by atoms with van der Waals surface area (Å²) in [6.45, 7) is 0.886. The largest absolute Gasteiger partial charge is 0.478 e. The van der Waals surface area contributed by atoms with Gasteiger partial charge in [0.15, 0.2) is 0 Å². The first kappa shape index (κ1) is 12.6. The lowest BCUT2D eigenvalue weighted by Gasteiger charge is -2.12. The van der Waals surface area contributed by atoms with Crippen molar-refractivity contribution in [2.24, 2.45) is 0 Å². The smallest absolute Gasteiger partial charge is 0.335 e. The second kappa shape index (κ2) is 5.65. The summed E-state index contributed by atoms with van der Waals surface area (Å²) >= 11 is 8.00. The minimum Gasteiger partial charge on any atom is -0.478 e. The van der Waals surface area contributed by atoms with E-state index in [-0.39, 0.29) is 5.56 Å². The van der Waals surface area contributed by atoms with Crippen LogP contribution < -0.4 is 5.32 Å². The summed E-state index contributed by atoms with van der Waals surface area (Å²) in [5, 5.41) is 13.2. The van der Waals surface area contributed by atoms with Crippen LogP contribution in [0.25, 0.3) is 0 Å². The molecule has 0 spiro atoms. The summed E-state index contributed by atoms with van der Waals surface area (Å²) in [6, 6.07) is 4.78. The highest BCUT2D eigenvalue weighted by atomic mass is 35.5. The zero-order chi connectivity index (χ0) is 12.3. The van der Waals surface area contributed by atoms with E-state index in [1.54, 1.807) is 12.1 Å². The average molecular weight is 272 g/mol. The van der Waals surface area contributed by atoms with Crippen molar-refractivity contribution < 1.29 is 9.90 Å². The van der Waals surface area contributed by atoms with Crippen LogP contribution in [-0.2, 0) is 0 Å². The van der Waals surface area contributed by atoms with Gasteiger partial charge in [0.05, 0.1) is 16.3 Å². The Balaban J connectivity index is 1.98. The molecule has 1 aromatic rings. The van der Waals surface area contributed by atoms with Gasteiger partial charge >= 0.3 is 5.97 Å². The summed E-state index contributed by atoms with van der Waals surface area (Å²) in [6.07, 6.45) is 2.52. The van der Waals surface area contributed by atoms with Gasteiger partial charge in [-0.1, -0.05) is 11.6 Å². The molecule has 1 heterocycles. The predicted octanol–water partition coefficient (Wildman–Crippen LogP) is 3.35. The summed E-state index contributed by atoms with van der Waals surface area (Å²) in [4.78, 5) is 10.7. The van der Waals surface area contributed by atoms with Crippen molar-refractivity contribution in [3.8, 4) is 0 Å². The Morgan fingerprint density at radius 3 is 3.00 bits per heavy atom. The average Bonchev–Trinajstić information content (AvgIpc) is 2.80. The first-order valence-electron chi connectivity index (χ1n) is 5.55. The van der Waals surface area contributed by atoms with Gasteiger partial charge in [-0.2, -0.15) is 11.8 Å². The molecule has 1 atom stereocenters. The molecule has 1 fully saturated rings. The van der Waals surface area contributed by atoms with Gasteiger partial charge in [-0.05, 0) is 36.8 Å². The molecule has 0 amide bonds. The van der Waals surface area contributed by atoms with Gasteiger partial charge in [0.1, 0.15) is 0 Å². The molecule has 1 saturated heterocycles. The molecule has 0 aliphatic carbocycles. The molecule has 0 saturated carbocycles. The number of aromatic carboxylic acids is 1. The van der Waals surface area contributed by atoms with Crippen molar-refractivity contribution >= 4 is 35.0 Å². The van der Waals surface area contributed by atoms with E-state index in [1.807, 2.05) is 11.8 Å². The van der Waals surface area contributed by atoms with Crippen molar-refractivity contribution in [2.75, 3.05) is 17.6 Å². The number of thioether (sulfide) groups is 1. The Labute approximate surface area is 110 Å². The van der Waals surface area contributed by atoms with E-state index in [9.17, 15) is 4.79 Å². The molecule has 5 heteroatoms. The molecule has 1 unspecified atom stereocenters. The van der Waals surface area contributed by atoms with E-state index in [0.717, 1.165) is 12.2 Å².